The predicted octanol–water partition coefficient (Wildman–Crippen LogP) is 2.87. The van der Waals surface area contributed by atoms with Crippen LogP contribution in [-0.4, -0.2) is 29.2 Å². The first-order valence-electron chi connectivity index (χ1n) is 9.78. The minimum atomic E-state index is -0.157. The maximum atomic E-state index is 12.9. The number of hydrogen-bond acceptors (Lipinski definition) is 4. The average molecular weight is 373 g/mol. The van der Waals surface area contributed by atoms with Crippen molar-refractivity contribution >= 4 is 17.3 Å². The lowest BCUT2D eigenvalue weighted by atomic mass is 10.1. The number of aromatic amines is 1. The molecular formula is C22H23N5O. The smallest absolute Gasteiger partial charge is 0.276 e. The van der Waals surface area contributed by atoms with Crippen LogP contribution in [0.1, 0.15) is 32.9 Å². The van der Waals surface area contributed by atoms with E-state index in [0.29, 0.717) is 12.2 Å². The number of benzene rings is 2. The van der Waals surface area contributed by atoms with Gasteiger partial charge in [-0.15, -0.1) is 0 Å². The molecule has 0 unspecified atom stereocenters. The Labute approximate surface area is 164 Å². The number of hydrogen-bond donors (Lipinski definition) is 3. The Morgan fingerprint density at radius 1 is 1.11 bits per heavy atom. The maximum absolute atomic E-state index is 12.9. The van der Waals surface area contributed by atoms with Crippen molar-refractivity contribution in [3.63, 3.8) is 0 Å². The number of nitrogens with one attached hydrogen (secondary N) is 3. The Morgan fingerprint density at radius 3 is 2.93 bits per heavy atom. The lowest BCUT2D eigenvalue weighted by Crippen LogP contribution is -2.26. The van der Waals surface area contributed by atoms with Crippen molar-refractivity contribution in [2.24, 2.45) is 0 Å². The van der Waals surface area contributed by atoms with E-state index in [4.69, 9.17) is 0 Å². The van der Waals surface area contributed by atoms with Crippen molar-refractivity contribution in [2.75, 3.05) is 23.3 Å². The standard InChI is InChI=1S/C22H23N5O/c28-22(21-17-13-23-11-9-19(17)25-26-21)24-18-7-3-1-6-16(18)14-27-12-10-15-5-2-4-8-20(15)27/h1-8,23H,9-14H2,(H,24,28)(H,25,26). The second-order valence-corrected chi connectivity index (χ2v) is 7.37. The highest BCUT2D eigenvalue weighted by molar-refractivity contribution is 6.04. The molecule has 6 heteroatoms. The highest BCUT2D eigenvalue weighted by atomic mass is 16.2. The first-order chi connectivity index (χ1) is 13.8. The van der Waals surface area contributed by atoms with Crippen LogP contribution < -0.4 is 15.5 Å². The third-order valence-corrected chi connectivity index (χ3v) is 5.63. The van der Waals surface area contributed by atoms with Gasteiger partial charge in [-0.2, -0.15) is 5.10 Å². The predicted molar refractivity (Wildman–Crippen MR) is 110 cm³/mol. The molecule has 1 amide bonds. The summed E-state index contributed by atoms with van der Waals surface area (Å²) < 4.78 is 0. The van der Waals surface area contributed by atoms with Crippen LogP contribution >= 0.6 is 0 Å². The Hall–Kier alpha value is -3.12. The Balaban J connectivity index is 1.37. The molecule has 0 fully saturated rings. The first kappa shape index (κ1) is 17.0. The van der Waals surface area contributed by atoms with Crippen molar-refractivity contribution in [1.82, 2.24) is 15.5 Å². The van der Waals surface area contributed by atoms with E-state index in [1.54, 1.807) is 0 Å². The molecule has 2 aliphatic rings. The van der Waals surface area contributed by atoms with Gasteiger partial charge in [0.2, 0.25) is 0 Å². The van der Waals surface area contributed by atoms with Crippen LogP contribution in [0.2, 0.25) is 0 Å². The van der Waals surface area contributed by atoms with Gasteiger partial charge in [0.05, 0.1) is 0 Å². The van der Waals surface area contributed by atoms with E-state index in [-0.39, 0.29) is 5.91 Å². The third-order valence-electron chi connectivity index (χ3n) is 5.63. The lowest BCUT2D eigenvalue weighted by Gasteiger charge is -2.21. The number of aromatic nitrogens is 2. The van der Waals surface area contributed by atoms with Gasteiger partial charge >= 0.3 is 0 Å². The quantitative estimate of drug-likeness (QED) is 0.658. The number of para-hydroxylation sites is 2. The highest BCUT2D eigenvalue weighted by Gasteiger charge is 2.23. The normalized spacial score (nSPS) is 15.2. The first-order valence-corrected chi connectivity index (χ1v) is 9.78. The Morgan fingerprint density at radius 2 is 1.96 bits per heavy atom. The number of carbonyl (C=O) groups is 1. The van der Waals surface area contributed by atoms with Crippen LogP contribution in [0, 0.1) is 0 Å². The van der Waals surface area contributed by atoms with Gasteiger partial charge in [-0.25, -0.2) is 0 Å². The van der Waals surface area contributed by atoms with Crippen LogP contribution in [0.25, 0.3) is 0 Å². The van der Waals surface area contributed by atoms with Crippen molar-refractivity contribution in [3.05, 3.63) is 76.6 Å². The molecule has 0 spiro atoms. The van der Waals surface area contributed by atoms with Crippen molar-refractivity contribution in [2.45, 2.75) is 25.9 Å². The molecule has 142 valence electrons. The highest BCUT2D eigenvalue weighted by Crippen LogP contribution is 2.30. The molecule has 0 bridgehead atoms. The minimum absolute atomic E-state index is 0.157. The molecule has 28 heavy (non-hydrogen) atoms. The average Bonchev–Trinajstić information content (AvgIpc) is 3.34. The molecule has 3 N–H and O–H groups in total. The van der Waals surface area contributed by atoms with Crippen LogP contribution in [0.4, 0.5) is 11.4 Å². The van der Waals surface area contributed by atoms with Gasteiger partial charge in [-0.3, -0.25) is 9.89 Å². The molecule has 3 heterocycles. The van der Waals surface area contributed by atoms with E-state index in [0.717, 1.165) is 55.0 Å². The second kappa shape index (κ2) is 7.13. The fourth-order valence-corrected chi connectivity index (χ4v) is 4.15. The number of H-pyrrole nitrogens is 1. The van der Waals surface area contributed by atoms with E-state index in [1.165, 1.54) is 11.3 Å². The van der Waals surface area contributed by atoms with Crippen LogP contribution in [0.5, 0.6) is 0 Å². The summed E-state index contributed by atoms with van der Waals surface area (Å²) in [6.07, 6.45) is 1.94. The molecule has 6 nitrogen and oxygen atoms in total. The van der Waals surface area contributed by atoms with Crippen molar-refractivity contribution < 1.29 is 4.79 Å². The summed E-state index contributed by atoms with van der Waals surface area (Å²) >= 11 is 0. The third kappa shape index (κ3) is 3.05. The summed E-state index contributed by atoms with van der Waals surface area (Å²) in [6.45, 7) is 3.37. The summed E-state index contributed by atoms with van der Waals surface area (Å²) in [7, 11) is 0. The van der Waals surface area contributed by atoms with E-state index >= 15 is 0 Å². The van der Waals surface area contributed by atoms with E-state index in [1.807, 2.05) is 18.2 Å². The van der Waals surface area contributed by atoms with Gasteiger partial charge in [-0.05, 0) is 29.7 Å². The van der Waals surface area contributed by atoms with Gasteiger partial charge in [0, 0.05) is 55.2 Å². The fraction of sp³-hybridized carbons (Fsp3) is 0.273. The Kier molecular flexibility index (Phi) is 4.33. The Bertz CT molecular complexity index is 1030. The van der Waals surface area contributed by atoms with Crippen molar-refractivity contribution in [3.8, 4) is 0 Å². The molecule has 0 radical (unpaired) electrons. The summed E-state index contributed by atoms with van der Waals surface area (Å²) in [5.41, 5.74) is 7.16. The van der Waals surface area contributed by atoms with Gasteiger partial charge in [-0.1, -0.05) is 36.4 Å². The number of nitrogens with zero attached hydrogens (tertiary/aromatic N) is 2. The number of amides is 1. The maximum Gasteiger partial charge on any atom is 0.276 e. The van der Waals surface area contributed by atoms with Crippen LogP contribution in [-0.2, 0) is 25.9 Å². The zero-order valence-corrected chi connectivity index (χ0v) is 15.7. The minimum Gasteiger partial charge on any atom is -0.367 e. The van der Waals surface area contributed by atoms with E-state index in [2.05, 4.69) is 56.1 Å². The monoisotopic (exact) mass is 373 g/mol. The van der Waals surface area contributed by atoms with Crippen LogP contribution in [0.3, 0.4) is 0 Å². The molecule has 2 aromatic carbocycles. The summed E-state index contributed by atoms with van der Waals surface area (Å²) in [5, 5.41) is 13.7. The molecule has 3 aromatic rings. The lowest BCUT2D eigenvalue weighted by molar-refractivity contribution is 0.102. The van der Waals surface area contributed by atoms with E-state index < -0.39 is 0 Å². The summed E-state index contributed by atoms with van der Waals surface area (Å²) in [5.74, 6) is -0.157. The molecule has 0 saturated heterocycles. The summed E-state index contributed by atoms with van der Waals surface area (Å²) in [4.78, 5) is 15.3. The molecule has 5 rings (SSSR count). The number of rotatable bonds is 4. The van der Waals surface area contributed by atoms with Gasteiger partial charge in [0.1, 0.15) is 0 Å². The summed E-state index contributed by atoms with van der Waals surface area (Å²) in [6, 6.07) is 16.6. The van der Waals surface area contributed by atoms with E-state index in [9.17, 15) is 4.79 Å². The number of fused-ring (bicyclic) bond motifs is 2. The number of carbonyl (C=O) groups excluding carboxylic acids is 1. The van der Waals surface area contributed by atoms with Gasteiger partial charge in [0.15, 0.2) is 5.69 Å². The molecular weight excluding hydrogens is 350 g/mol. The largest absolute Gasteiger partial charge is 0.367 e. The molecule has 0 aliphatic carbocycles. The fourth-order valence-electron chi connectivity index (χ4n) is 4.15. The molecule has 0 saturated carbocycles. The zero-order valence-electron chi connectivity index (χ0n) is 15.7. The zero-order chi connectivity index (χ0) is 18.9. The van der Waals surface area contributed by atoms with Crippen LogP contribution in [0.15, 0.2) is 48.5 Å². The SMILES string of the molecule is O=C(Nc1ccccc1CN1CCc2ccccc21)c1n[nH]c2c1CNCC2. The number of anilines is 2. The topological polar surface area (TPSA) is 73.0 Å². The molecule has 0 atom stereocenters. The molecule has 2 aliphatic heterocycles. The molecule has 1 aromatic heterocycles. The second-order valence-electron chi connectivity index (χ2n) is 7.37. The van der Waals surface area contributed by atoms with Crippen molar-refractivity contribution in [1.29, 1.82) is 0 Å². The van der Waals surface area contributed by atoms with Gasteiger partial charge < -0.3 is 15.5 Å². The van der Waals surface area contributed by atoms with Gasteiger partial charge in [0.25, 0.3) is 5.91 Å².